The number of benzene rings is 1. The van der Waals surface area contributed by atoms with Crippen LogP contribution in [0.4, 0.5) is 0 Å². The van der Waals surface area contributed by atoms with Gasteiger partial charge in [-0.1, -0.05) is 0 Å². The van der Waals surface area contributed by atoms with Crippen molar-refractivity contribution in [2.45, 2.75) is 19.3 Å². The van der Waals surface area contributed by atoms with Crippen LogP contribution in [-0.4, -0.2) is 46.4 Å². The number of primary amides is 1. The van der Waals surface area contributed by atoms with Gasteiger partial charge in [-0.3, -0.25) is 14.5 Å². The monoisotopic (exact) mass is 292 g/mol. The Hall–Kier alpha value is -2.08. The molecule has 1 aromatic carbocycles. The molecule has 0 unspecified atom stereocenters. The average Bonchev–Trinajstić information content (AvgIpc) is 2.43. The number of amides is 1. The lowest BCUT2D eigenvalue weighted by Gasteiger charge is -2.30. The smallest absolute Gasteiger partial charge is 0.217 e. The molecule has 0 aliphatic carbocycles. The molecular weight excluding hydrogens is 272 g/mol. The molecule has 1 aromatic rings. The molecule has 114 valence electrons. The molecule has 0 aromatic heterocycles. The highest BCUT2D eigenvalue weighted by atomic mass is 16.3. The summed E-state index contributed by atoms with van der Waals surface area (Å²) < 4.78 is 0. The first kappa shape index (κ1) is 15.3. The molecule has 6 heteroatoms. The molecule has 1 aliphatic heterocycles. The van der Waals surface area contributed by atoms with Gasteiger partial charge in [0.05, 0.1) is 6.54 Å². The summed E-state index contributed by atoms with van der Waals surface area (Å²) in [6.07, 6.45) is 2.13. The van der Waals surface area contributed by atoms with Gasteiger partial charge < -0.3 is 15.9 Å². The van der Waals surface area contributed by atoms with Crippen molar-refractivity contribution in [3.05, 3.63) is 23.8 Å². The number of piperidine rings is 1. The third-order valence-electron chi connectivity index (χ3n) is 3.86. The van der Waals surface area contributed by atoms with Crippen LogP contribution in [0.25, 0.3) is 0 Å². The summed E-state index contributed by atoms with van der Waals surface area (Å²) in [5, 5.41) is 18.7. The van der Waals surface area contributed by atoms with Crippen LogP contribution in [0.5, 0.6) is 11.5 Å². The Kier molecular flexibility index (Phi) is 4.80. The van der Waals surface area contributed by atoms with Gasteiger partial charge in [0, 0.05) is 12.0 Å². The summed E-state index contributed by atoms with van der Waals surface area (Å²) >= 11 is 0. The Bertz CT molecular complexity index is 536. The number of nitrogens with zero attached hydrogens (tertiary/aromatic N) is 1. The molecule has 21 heavy (non-hydrogen) atoms. The highest BCUT2D eigenvalue weighted by molar-refractivity contribution is 5.98. The van der Waals surface area contributed by atoms with Crippen molar-refractivity contribution in [2.24, 2.45) is 11.7 Å². The second-order valence-corrected chi connectivity index (χ2v) is 5.52. The first-order chi connectivity index (χ1) is 9.95. The quantitative estimate of drug-likeness (QED) is 0.552. The summed E-state index contributed by atoms with van der Waals surface area (Å²) in [5.41, 5.74) is 5.57. The van der Waals surface area contributed by atoms with Gasteiger partial charge >= 0.3 is 0 Å². The van der Waals surface area contributed by atoms with Crippen molar-refractivity contribution >= 4 is 11.7 Å². The van der Waals surface area contributed by atoms with E-state index in [0.29, 0.717) is 17.9 Å². The highest BCUT2D eigenvalue weighted by Crippen LogP contribution is 2.25. The molecule has 1 aliphatic rings. The Balaban J connectivity index is 1.86. The summed E-state index contributed by atoms with van der Waals surface area (Å²) in [4.78, 5) is 25.0. The maximum Gasteiger partial charge on any atom is 0.217 e. The number of carbonyl (C=O) groups excluding carboxylic acids is 2. The van der Waals surface area contributed by atoms with E-state index in [0.717, 1.165) is 25.9 Å². The number of rotatable bonds is 5. The Morgan fingerprint density at radius 2 is 1.86 bits per heavy atom. The Labute approximate surface area is 123 Å². The fourth-order valence-corrected chi connectivity index (χ4v) is 2.62. The predicted molar refractivity (Wildman–Crippen MR) is 77.1 cm³/mol. The van der Waals surface area contributed by atoms with E-state index in [2.05, 4.69) is 0 Å². The van der Waals surface area contributed by atoms with Crippen molar-refractivity contribution in [3.63, 3.8) is 0 Å². The van der Waals surface area contributed by atoms with Crippen molar-refractivity contribution in [2.75, 3.05) is 19.6 Å². The van der Waals surface area contributed by atoms with Crippen LogP contribution in [0.3, 0.4) is 0 Å². The summed E-state index contributed by atoms with van der Waals surface area (Å²) in [6, 6.07) is 4.08. The molecule has 0 radical (unpaired) electrons. The van der Waals surface area contributed by atoms with Crippen LogP contribution in [-0.2, 0) is 4.79 Å². The summed E-state index contributed by atoms with van der Waals surface area (Å²) in [7, 11) is 0. The second-order valence-electron chi connectivity index (χ2n) is 5.52. The van der Waals surface area contributed by atoms with Gasteiger partial charge in [0.25, 0.3) is 0 Å². The van der Waals surface area contributed by atoms with Crippen LogP contribution in [0.1, 0.15) is 29.6 Å². The first-order valence-electron chi connectivity index (χ1n) is 7.01. The van der Waals surface area contributed by atoms with E-state index in [1.54, 1.807) is 0 Å². The zero-order chi connectivity index (χ0) is 15.4. The van der Waals surface area contributed by atoms with E-state index in [1.165, 1.54) is 18.2 Å². The van der Waals surface area contributed by atoms with Crippen LogP contribution < -0.4 is 5.73 Å². The molecule has 0 bridgehead atoms. The number of phenols is 2. The van der Waals surface area contributed by atoms with Gasteiger partial charge in [0.2, 0.25) is 5.91 Å². The molecule has 0 spiro atoms. The minimum Gasteiger partial charge on any atom is -0.504 e. The number of nitrogens with two attached hydrogens (primary N) is 1. The molecule has 1 saturated heterocycles. The predicted octanol–water partition coefficient (Wildman–Crippen LogP) is 0.868. The average molecular weight is 292 g/mol. The summed E-state index contributed by atoms with van der Waals surface area (Å²) in [5.74, 6) is -0.589. The van der Waals surface area contributed by atoms with E-state index in [9.17, 15) is 19.8 Å². The standard InChI is InChI=1S/C15H20N2O4/c16-15(21)7-10-3-5-17(6-4-10)9-14(20)11-1-2-12(18)13(19)8-11/h1-2,8,10,18-19H,3-7,9H2,(H2,16,21). The number of carbonyl (C=O) groups is 2. The normalized spacial score (nSPS) is 16.8. The first-order valence-corrected chi connectivity index (χ1v) is 7.01. The summed E-state index contributed by atoms with van der Waals surface area (Å²) in [6.45, 7) is 1.79. The third-order valence-corrected chi connectivity index (χ3v) is 3.86. The van der Waals surface area contributed by atoms with Crippen molar-refractivity contribution in [3.8, 4) is 11.5 Å². The molecular formula is C15H20N2O4. The molecule has 2 rings (SSSR count). The minimum absolute atomic E-state index is 0.0985. The van der Waals surface area contributed by atoms with Gasteiger partial charge in [0.15, 0.2) is 17.3 Å². The fourth-order valence-electron chi connectivity index (χ4n) is 2.62. The number of hydrogen-bond donors (Lipinski definition) is 3. The van der Waals surface area contributed by atoms with Crippen molar-refractivity contribution in [1.82, 2.24) is 4.90 Å². The van der Waals surface area contributed by atoms with E-state index >= 15 is 0 Å². The number of aromatic hydroxyl groups is 2. The highest BCUT2D eigenvalue weighted by Gasteiger charge is 2.22. The van der Waals surface area contributed by atoms with Gasteiger partial charge in [-0.25, -0.2) is 0 Å². The molecule has 1 fully saturated rings. The van der Waals surface area contributed by atoms with E-state index in [-0.39, 0.29) is 29.7 Å². The number of phenolic OH excluding ortho intramolecular Hbond substituents is 2. The van der Waals surface area contributed by atoms with Gasteiger partial charge in [-0.05, 0) is 50.0 Å². The zero-order valence-corrected chi connectivity index (χ0v) is 11.8. The number of likely N-dealkylation sites (tertiary alicyclic amines) is 1. The van der Waals surface area contributed by atoms with Gasteiger partial charge in [-0.15, -0.1) is 0 Å². The Morgan fingerprint density at radius 1 is 1.19 bits per heavy atom. The molecule has 0 atom stereocenters. The van der Waals surface area contributed by atoms with Crippen LogP contribution in [0.15, 0.2) is 18.2 Å². The van der Waals surface area contributed by atoms with Crippen LogP contribution >= 0.6 is 0 Å². The zero-order valence-electron chi connectivity index (χ0n) is 11.8. The van der Waals surface area contributed by atoms with Crippen LogP contribution in [0, 0.1) is 5.92 Å². The van der Waals surface area contributed by atoms with Crippen molar-refractivity contribution < 1.29 is 19.8 Å². The SMILES string of the molecule is NC(=O)CC1CCN(CC(=O)c2ccc(O)c(O)c2)CC1. The number of hydrogen-bond acceptors (Lipinski definition) is 5. The minimum atomic E-state index is -0.291. The molecule has 6 nitrogen and oxygen atoms in total. The van der Waals surface area contributed by atoms with Crippen molar-refractivity contribution in [1.29, 1.82) is 0 Å². The largest absolute Gasteiger partial charge is 0.504 e. The fraction of sp³-hybridized carbons (Fsp3) is 0.467. The molecule has 1 heterocycles. The maximum atomic E-state index is 12.1. The van der Waals surface area contributed by atoms with E-state index in [4.69, 9.17) is 5.73 Å². The van der Waals surface area contributed by atoms with E-state index in [1.807, 2.05) is 4.90 Å². The molecule has 4 N–H and O–H groups in total. The lowest BCUT2D eigenvalue weighted by atomic mass is 9.93. The van der Waals surface area contributed by atoms with Gasteiger partial charge in [0.1, 0.15) is 0 Å². The van der Waals surface area contributed by atoms with Crippen LogP contribution in [0.2, 0.25) is 0 Å². The molecule has 1 amide bonds. The lowest BCUT2D eigenvalue weighted by molar-refractivity contribution is -0.119. The lowest BCUT2D eigenvalue weighted by Crippen LogP contribution is -2.38. The maximum absolute atomic E-state index is 12.1. The van der Waals surface area contributed by atoms with E-state index < -0.39 is 0 Å². The topological polar surface area (TPSA) is 104 Å². The van der Waals surface area contributed by atoms with Gasteiger partial charge in [-0.2, -0.15) is 0 Å². The molecule has 0 saturated carbocycles. The third kappa shape index (κ3) is 4.19. The number of Topliss-reactive ketones (excluding diaryl/α,β-unsaturated/α-hetero) is 1. The second kappa shape index (κ2) is 6.58. The number of ketones is 1. The Morgan fingerprint density at radius 3 is 2.43 bits per heavy atom.